The first-order chi connectivity index (χ1) is 15.1. The van der Waals surface area contributed by atoms with Crippen LogP contribution in [0.1, 0.15) is 23.5 Å². The van der Waals surface area contributed by atoms with E-state index in [-0.39, 0.29) is 34.0 Å². The van der Waals surface area contributed by atoms with Crippen LogP contribution in [-0.4, -0.2) is 17.6 Å². The number of thioether (sulfide) groups is 1. The van der Waals surface area contributed by atoms with Crippen LogP contribution in [-0.2, 0) is 15.8 Å². The number of halogens is 5. The summed E-state index contributed by atoms with van der Waals surface area (Å²) in [5.74, 6) is -2.81. The standard InChI is InChI=1S/C21H14ClF4N3O2S/c22-16-6-5-11(7-15(16)21(24,25)26)28-19(31)10-32-20-14(9-27)13(8-18(30)29-20)12-3-1-2-4-17(12)23/h1-7,13H,8,10H2,(H,28,31)(H,29,30). The Kier molecular flexibility index (Phi) is 7.11. The molecule has 1 unspecified atom stereocenters. The van der Waals surface area contributed by atoms with Crippen LogP contribution in [0, 0.1) is 17.1 Å². The van der Waals surface area contributed by atoms with Gasteiger partial charge in [-0.1, -0.05) is 41.6 Å². The molecule has 3 rings (SSSR count). The highest BCUT2D eigenvalue weighted by Gasteiger charge is 2.34. The van der Waals surface area contributed by atoms with E-state index < -0.39 is 40.3 Å². The molecule has 2 N–H and O–H groups in total. The Labute approximate surface area is 189 Å². The fourth-order valence-corrected chi connectivity index (χ4v) is 4.21. The van der Waals surface area contributed by atoms with E-state index >= 15 is 0 Å². The predicted octanol–water partition coefficient (Wildman–Crippen LogP) is 5.21. The van der Waals surface area contributed by atoms with Gasteiger partial charge in [0.25, 0.3) is 0 Å². The third-order valence-corrected chi connectivity index (χ3v) is 5.89. The number of rotatable bonds is 5. The fraction of sp³-hybridized carbons (Fsp3) is 0.190. The molecule has 0 spiro atoms. The maximum atomic E-state index is 14.2. The summed E-state index contributed by atoms with van der Waals surface area (Å²) >= 11 is 6.38. The molecular formula is C21H14ClF4N3O2S. The van der Waals surface area contributed by atoms with E-state index in [9.17, 15) is 32.4 Å². The van der Waals surface area contributed by atoms with Crippen molar-refractivity contribution in [2.24, 2.45) is 0 Å². The number of allylic oxidation sites excluding steroid dienone is 1. The van der Waals surface area contributed by atoms with Crippen LogP contribution in [0.5, 0.6) is 0 Å². The zero-order chi connectivity index (χ0) is 23.5. The number of alkyl halides is 3. The van der Waals surface area contributed by atoms with Gasteiger partial charge in [0.05, 0.1) is 33.0 Å². The lowest BCUT2D eigenvalue weighted by Crippen LogP contribution is -2.31. The molecule has 0 aromatic heterocycles. The van der Waals surface area contributed by atoms with E-state index in [0.29, 0.717) is 6.07 Å². The van der Waals surface area contributed by atoms with Crippen LogP contribution in [0.3, 0.4) is 0 Å². The molecule has 5 nitrogen and oxygen atoms in total. The molecule has 0 saturated heterocycles. The van der Waals surface area contributed by atoms with Gasteiger partial charge in [-0.3, -0.25) is 9.59 Å². The molecule has 32 heavy (non-hydrogen) atoms. The van der Waals surface area contributed by atoms with Crippen LogP contribution >= 0.6 is 23.4 Å². The van der Waals surface area contributed by atoms with Gasteiger partial charge in [0.15, 0.2) is 0 Å². The molecule has 1 heterocycles. The molecule has 2 aromatic carbocycles. The van der Waals surface area contributed by atoms with Crippen molar-refractivity contribution in [2.75, 3.05) is 11.1 Å². The van der Waals surface area contributed by atoms with Crippen molar-refractivity contribution in [2.45, 2.75) is 18.5 Å². The van der Waals surface area contributed by atoms with Crippen molar-refractivity contribution in [1.29, 1.82) is 5.26 Å². The Morgan fingerprint density at radius 2 is 2.00 bits per heavy atom. The summed E-state index contributed by atoms with van der Waals surface area (Å²) in [4.78, 5) is 24.4. The quantitative estimate of drug-likeness (QED) is 0.572. The first-order valence-electron chi connectivity index (χ1n) is 9.08. The predicted molar refractivity (Wildman–Crippen MR) is 112 cm³/mol. The first kappa shape index (κ1) is 23.6. The summed E-state index contributed by atoms with van der Waals surface area (Å²) in [6, 6.07) is 10.7. The molecule has 0 radical (unpaired) electrons. The second-order valence-corrected chi connectivity index (χ2v) is 8.10. The summed E-state index contributed by atoms with van der Waals surface area (Å²) in [6.45, 7) is 0. The number of anilines is 1. The number of hydrogen-bond donors (Lipinski definition) is 2. The number of carbonyl (C=O) groups is 2. The van der Waals surface area contributed by atoms with E-state index in [1.165, 1.54) is 24.3 Å². The second-order valence-electron chi connectivity index (χ2n) is 6.71. The molecular weight excluding hydrogens is 470 g/mol. The fourth-order valence-electron chi connectivity index (χ4n) is 3.11. The third-order valence-electron chi connectivity index (χ3n) is 4.54. The van der Waals surface area contributed by atoms with Gasteiger partial charge in [-0.25, -0.2) is 4.39 Å². The Bertz CT molecular complexity index is 1140. The van der Waals surface area contributed by atoms with E-state index in [1.54, 1.807) is 6.07 Å². The summed E-state index contributed by atoms with van der Waals surface area (Å²) in [5.41, 5.74) is -0.925. The third kappa shape index (κ3) is 5.41. The minimum atomic E-state index is -4.69. The minimum absolute atomic E-state index is 0.0957. The van der Waals surface area contributed by atoms with Gasteiger partial charge in [0.2, 0.25) is 11.8 Å². The van der Waals surface area contributed by atoms with E-state index in [4.69, 9.17) is 11.6 Å². The number of benzene rings is 2. The number of hydrogen-bond acceptors (Lipinski definition) is 4. The lowest BCUT2D eigenvalue weighted by atomic mass is 9.87. The van der Waals surface area contributed by atoms with Crippen molar-refractivity contribution in [3.05, 3.63) is 75.0 Å². The van der Waals surface area contributed by atoms with E-state index in [2.05, 4.69) is 10.6 Å². The van der Waals surface area contributed by atoms with Crippen molar-refractivity contribution in [1.82, 2.24) is 5.32 Å². The Morgan fingerprint density at radius 1 is 1.28 bits per heavy atom. The monoisotopic (exact) mass is 483 g/mol. The molecule has 1 aliphatic rings. The first-order valence-corrected chi connectivity index (χ1v) is 10.4. The zero-order valence-corrected chi connectivity index (χ0v) is 17.7. The molecule has 0 bridgehead atoms. The maximum Gasteiger partial charge on any atom is 0.417 e. The largest absolute Gasteiger partial charge is 0.417 e. The number of carbonyl (C=O) groups excluding carboxylic acids is 2. The average molecular weight is 484 g/mol. The van der Waals surface area contributed by atoms with Crippen molar-refractivity contribution in [3.63, 3.8) is 0 Å². The van der Waals surface area contributed by atoms with Crippen molar-refractivity contribution < 1.29 is 27.2 Å². The number of amides is 2. The van der Waals surface area contributed by atoms with Gasteiger partial charge in [-0.2, -0.15) is 18.4 Å². The Hall–Kier alpha value is -3.03. The molecule has 2 amide bonds. The van der Waals surface area contributed by atoms with Crippen LogP contribution in [0.15, 0.2) is 53.1 Å². The Balaban J connectivity index is 1.76. The molecule has 2 aromatic rings. The van der Waals surface area contributed by atoms with E-state index in [1.807, 2.05) is 6.07 Å². The molecule has 1 aliphatic heterocycles. The maximum absolute atomic E-state index is 14.2. The Morgan fingerprint density at radius 3 is 2.66 bits per heavy atom. The number of nitriles is 1. The lowest BCUT2D eigenvalue weighted by molar-refractivity contribution is -0.137. The second kappa shape index (κ2) is 9.63. The molecule has 0 saturated carbocycles. The van der Waals surface area contributed by atoms with Crippen molar-refractivity contribution in [3.8, 4) is 6.07 Å². The van der Waals surface area contributed by atoms with Gasteiger partial charge in [-0.05, 0) is 29.8 Å². The van der Waals surface area contributed by atoms with E-state index in [0.717, 1.165) is 17.8 Å². The topological polar surface area (TPSA) is 82.0 Å². The van der Waals surface area contributed by atoms with Gasteiger partial charge in [-0.15, -0.1) is 0 Å². The zero-order valence-electron chi connectivity index (χ0n) is 16.1. The van der Waals surface area contributed by atoms with Gasteiger partial charge in [0.1, 0.15) is 5.82 Å². The highest BCUT2D eigenvalue weighted by molar-refractivity contribution is 8.03. The molecule has 0 fully saturated rings. The molecule has 11 heteroatoms. The molecule has 1 atom stereocenters. The smallest absolute Gasteiger partial charge is 0.325 e. The number of nitrogens with zero attached hydrogens (tertiary/aromatic N) is 1. The highest BCUT2D eigenvalue weighted by Crippen LogP contribution is 2.38. The summed E-state index contributed by atoms with van der Waals surface area (Å²) in [5, 5.41) is 14.0. The van der Waals surface area contributed by atoms with Crippen LogP contribution in [0.25, 0.3) is 0 Å². The minimum Gasteiger partial charge on any atom is -0.325 e. The van der Waals surface area contributed by atoms with Gasteiger partial charge < -0.3 is 10.6 Å². The van der Waals surface area contributed by atoms with Gasteiger partial charge >= 0.3 is 6.18 Å². The number of nitrogens with one attached hydrogen (secondary N) is 2. The highest BCUT2D eigenvalue weighted by atomic mass is 35.5. The normalized spacial score (nSPS) is 16.4. The lowest BCUT2D eigenvalue weighted by Gasteiger charge is -2.25. The molecule has 166 valence electrons. The van der Waals surface area contributed by atoms with Crippen LogP contribution in [0.2, 0.25) is 5.02 Å². The summed E-state index contributed by atoms with van der Waals surface area (Å²) in [6.07, 6.45) is -4.82. The van der Waals surface area contributed by atoms with Gasteiger partial charge in [0, 0.05) is 18.0 Å². The SMILES string of the molecule is N#CC1=C(SCC(=O)Nc2ccc(Cl)c(C(F)(F)F)c2)NC(=O)CC1c1ccccc1F. The summed E-state index contributed by atoms with van der Waals surface area (Å²) < 4.78 is 53.1. The average Bonchev–Trinajstić information content (AvgIpc) is 2.72. The van der Waals surface area contributed by atoms with Crippen LogP contribution < -0.4 is 10.6 Å². The van der Waals surface area contributed by atoms with Crippen molar-refractivity contribution >= 4 is 40.9 Å². The summed E-state index contributed by atoms with van der Waals surface area (Å²) in [7, 11) is 0. The van der Waals surface area contributed by atoms with Crippen LogP contribution in [0.4, 0.5) is 23.2 Å². The molecule has 0 aliphatic carbocycles.